The number of aliphatic hydroxyl groups excluding tert-OH is 1. The molecular weight excluding hydrogens is 310 g/mol. The summed E-state index contributed by atoms with van der Waals surface area (Å²) >= 11 is 0. The van der Waals surface area contributed by atoms with Gasteiger partial charge in [-0.25, -0.2) is 4.79 Å². The van der Waals surface area contributed by atoms with Crippen LogP contribution in [0.1, 0.15) is 26.2 Å². The van der Waals surface area contributed by atoms with Crippen molar-refractivity contribution in [1.29, 1.82) is 0 Å². The number of aliphatic carboxylic acids is 2. The summed E-state index contributed by atoms with van der Waals surface area (Å²) in [6.45, 7) is 1.47. The number of carbonyl (C=O) groups excluding carboxylic acids is 2. The monoisotopic (exact) mass is 331 g/mol. The number of hydrogen-bond acceptors (Lipinski definition) is 6. The van der Waals surface area contributed by atoms with Gasteiger partial charge in [0.25, 0.3) is 0 Å². The summed E-state index contributed by atoms with van der Waals surface area (Å²) in [7, 11) is 0. The van der Waals surface area contributed by atoms with E-state index in [4.69, 9.17) is 15.9 Å². The van der Waals surface area contributed by atoms with E-state index in [0.717, 1.165) is 4.90 Å². The minimum absolute atomic E-state index is 0.204. The van der Waals surface area contributed by atoms with Crippen LogP contribution in [0.15, 0.2) is 0 Å². The molecule has 1 aliphatic rings. The number of hydrogen-bond donors (Lipinski definition) is 5. The Hall–Kier alpha value is -2.20. The van der Waals surface area contributed by atoms with Crippen LogP contribution in [0.3, 0.4) is 0 Å². The highest BCUT2D eigenvalue weighted by Crippen LogP contribution is 2.19. The van der Waals surface area contributed by atoms with Gasteiger partial charge in [0.15, 0.2) is 0 Å². The first-order chi connectivity index (χ1) is 10.6. The van der Waals surface area contributed by atoms with E-state index >= 15 is 0 Å². The summed E-state index contributed by atoms with van der Waals surface area (Å²) in [6.07, 6.45) is -1.13. The third-order valence-corrected chi connectivity index (χ3v) is 3.60. The van der Waals surface area contributed by atoms with Crippen molar-refractivity contribution in [3.05, 3.63) is 0 Å². The van der Waals surface area contributed by atoms with Crippen molar-refractivity contribution in [2.45, 2.75) is 50.4 Å². The third-order valence-electron chi connectivity index (χ3n) is 3.60. The molecule has 0 saturated carbocycles. The number of rotatable bonds is 7. The molecule has 0 bridgehead atoms. The number of carbonyl (C=O) groups is 4. The maximum Gasteiger partial charge on any atom is 0.326 e. The highest BCUT2D eigenvalue weighted by atomic mass is 16.4. The molecule has 6 N–H and O–H groups in total. The first-order valence-corrected chi connectivity index (χ1v) is 7.14. The van der Waals surface area contributed by atoms with E-state index in [9.17, 15) is 24.3 Å². The van der Waals surface area contributed by atoms with Gasteiger partial charge in [-0.1, -0.05) is 0 Å². The minimum atomic E-state index is -1.39. The zero-order valence-corrected chi connectivity index (χ0v) is 12.6. The molecular formula is C13H21N3O7. The molecule has 10 nitrogen and oxygen atoms in total. The van der Waals surface area contributed by atoms with Crippen LogP contribution in [-0.4, -0.2) is 74.7 Å². The fourth-order valence-corrected chi connectivity index (χ4v) is 2.40. The van der Waals surface area contributed by atoms with Crippen molar-refractivity contribution in [2.24, 2.45) is 5.73 Å². The van der Waals surface area contributed by atoms with E-state index in [2.05, 4.69) is 5.32 Å². The van der Waals surface area contributed by atoms with Crippen molar-refractivity contribution < 1.29 is 34.5 Å². The van der Waals surface area contributed by atoms with Crippen molar-refractivity contribution in [3.8, 4) is 0 Å². The first-order valence-electron chi connectivity index (χ1n) is 7.14. The van der Waals surface area contributed by atoms with Crippen LogP contribution in [0.2, 0.25) is 0 Å². The molecule has 1 heterocycles. The Morgan fingerprint density at radius 2 is 1.91 bits per heavy atom. The van der Waals surface area contributed by atoms with Gasteiger partial charge in [0.1, 0.15) is 12.1 Å². The minimum Gasteiger partial charge on any atom is -0.481 e. The van der Waals surface area contributed by atoms with Gasteiger partial charge in [-0.15, -0.1) is 0 Å². The maximum atomic E-state index is 12.4. The number of nitrogens with one attached hydrogen (secondary N) is 1. The van der Waals surface area contributed by atoms with E-state index < -0.39 is 54.4 Å². The van der Waals surface area contributed by atoms with Crippen LogP contribution in [0.4, 0.5) is 0 Å². The van der Waals surface area contributed by atoms with Gasteiger partial charge in [-0.3, -0.25) is 14.4 Å². The van der Waals surface area contributed by atoms with E-state index in [1.54, 1.807) is 0 Å². The first kappa shape index (κ1) is 18.8. The van der Waals surface area contributed by atoms with Crippen molar-refractivity contribution >= 4 is 23.8 Å². The third kappa shape index (κ3) is 4.89. The number of nitrogens with two attached hydrogens (primary N) is 1. The van der Waals surface area contributed by atoms with Gasteiger partial charge in [0, 0.05) is 6.54 Å². The van der Waals surface area contributed by atoms with Gasteiger partial charge >= 0.3 is 11.9 Å². The van der Waals surface area contributed by atoms with Crippen LogP contribution < -0.4 is 11.1 Å². The summed E-state index contributed by atoms with van der Waals surface area (Å²) in [5.74, 6) is -4.08. The lowest BCUT2D eigenvalue weighted by atomic mass is 10.1. The van der Waals surface area contributed by atoms with E-state index in [1.165, 1.54) is 6.92 Å². The van der Waals surface area contributed by atoms with Gasteiger partial charge in [-0.2, -0.15) is 0 Å². The molecule has 23 heavy (non-hydrogen) atoms. The average Bonchev–Trinajstić information content (AvgIpc) is 2.92. The Morgan fingerprint density at radius 3 is 2.39 bits per heavy atom. The normalized spacial score (nSPS) is 21.3. The molecule has 4 atom stereocenters. The lowest BCUT2D eigenvalue weighted by Crippen LogP contribution is -2.58. The van der Waals surface area contributed by atoms with Crippen molar-refractivity contribution in [2.75, 3.05) is 6.54 Å². The predicted molar refractivity (Wildman–Crippen MR) is 76.2 cm³/mol. The Kier molecular flexibility index (Phi) is 6.46. The van der Waals surface area contributed by atoms with E-state index in [1.807, 2.05) is 0 Å². The summed E-state index contributed by atoms with van der Waals surface area (Å²) in [5.41, 5.74) is 5.40. The second-order valence-electron chi connectivity index (χ2n) is 5.46. The molecule has 1 rings (SSSR count). The molecule has 0 aromatic rings. The zero-order chi connectivity index (χ0) is 17.7. The van der Waals surface area contributed by atoms with Crippen molar-refractivity contribution in [1.82, 2.24) is 10.2 Å². The van der Waals surface area contributed by atoms with Crippen LogP contribution in [0.5, 0.6) is 0 Å². The lowest BCUT2D eigenvalue weighted by molar-refractivity contribution is -0.150. The topological polar surface area (TPSA) is 170 Å². The molecule has 0 aliphatic carbocycles. The lowest BCUT2D eigenvalue weighted by Gasteiger charge is -2.29. The molecule has 0 unspecified atom stereocenters. The standard InChI is InChI=1S/C13H21N3O7/c1-6(17)10(15-11(20)7(14)5-9(18)19)12(21)16-4-2-3-8(16)13(22)23/h6-8,10,17H,2-5,14H2,1H3,(H,15,20)(H,18,19)(H,22,23)/t6-,7+,8-,10+/m1/s1. The molecule has 0 spiro atoms. The van der Waals surface area contributed by atoms with Crippen LogP contribution in [0, 0.1) is 0 Å². The predicted octanol–water partition coefficient (Wildman–Crippen LogP) is -2.27. The second-order valence-corrected chi connectivity index (χ2v) is 5.46. The maximum absolute atomic E-state index is 12.4. The van der Waals surface area contributed by atoms with Gasteiger partial charge in [-0.05, 0) is 19.8 Å². The molecule has 1 fully saturated rings. The SMILES string of the molecule is C[C@@H](O)[C@H](NC(=O)[C@@H](N)CC(=O)O)C(=O)N1CCC[C@@H]1C(=O)O. The number of amides is 2. The van der Waals surface area contributed by atoms with Crippen LogP contribution in [0.25, 0.3) is 0 Å². The van der Waals surface area contributed by atoms with Crippen LogP contribution in [-0.2, 0) is 19.2 Å². The van der Waals surface area contributed by atoms with E-state index in [0.29, 0.717) is 12.8 Å². The second kappa shape index (κ2) is 7.88. The zero-order valence-electron chi connectivity index (χ0n) is 12.6. The molecule has 2 amide bonds. The number of aliphatic hydroxyl groups is 1. The van der Waals surface area contributed by atoms with Gasteiger partial charge < -0.3 is 31.3 Å². The fourth-order valence-electron chi connectivity index (χ4n) is 2.40. The molecule has 0 aromatic carbocycles. The Labute approximate surface area is 132 Å². The average molecular weight is 331 g/mol. The van der Waals surface area contributed by atoms with Crippen molar-refractivity contribution in [3.63, 3.8) is 0 Å². The highest BCUT2D eigenvalue weighted by Gasteiger charge is 2.39. The van der Waals surface area contributed by atoms with Gasteiger partial charge in [0.2, 0.25) is 11.8 Å². The quantitative estimate of drug-likeness (QED) is 0.347. The molecule has 1 aliphatic heterocycles. The summed E-state index contributed by atoms with van der Waals surface area (Å²) in [6, 6.07) is -3.77. The number of nitrogens with zero attached hydrogens (tertiary/aromatic N) is 1. The molecule has 1 saturated heterocycles. The summed E-state index contributed by atoms with van der Waals surface area (Å²) in [5, 5.41) is 29.6. The smallest absolute Gasteiger partial charge is 0.326 e. The van der Waals surface area contributed by atoms with E-state index in [-0.39, 0.29) is 6.54 Å². The fraction of sp³-hybridized carbons (Fsp3) is 0.692. The highest BCUT2D eigenvalue weighted by molar-refractivity contribution is 5.93. The van der Waals surface area contributed by atoms with Crippen LogP contribution >= 0.6 is 0 Å². The molecule has 0 radical (unpaired) electrons. The Bertz CT molecular complexity index is 494. The molecule has 0 aromatic heterocycles. The Morgan fingerprint density at radius 1 is 1.30 bits per heavy atom. The largest absolute Gasteiger partial charge is 0.481 e. The molecule has 10 heteroatoms. The Balaban J connectivity index is 2.81. The summed E-state index contributed by atoms with van der Waals surface area (Å²) < 4.78 is 0. The summed E-state index contributed by atoms with van der Waals surface area (Å²) in [4.78, 5) is 47.0. The van der Waals surface area contributed by atoms with Gasteiger partial charge in [0.05, 0.1) is 18.6 Å². The number of likely N-dealkylation sites (tertiary alicyclic amines) is 1. The number of carboxylic acid groups (broad SMARTS) is 2. The molecule has 130 valence electrons. The number of carboxylic acids is 2.